The maximum Gasteiger partial charge on any atom is 0.234 e. The van der Waals surface area contributed by atoms with Crippen LogP contribution in [0.2, 0.25) is 0 Å². The van der Waals surface area contributed by atoms with Crippen molar-refractivity contribution in [1.29, 1.82) is 0 Å². The van der Waals surface area contributed by atoms with Gasteiger partial charge >= 0.3 is 0 Å². The Labute approximate surface area is 169 Å². The van der Waals surface area contributed by atoms with E-state index in [2.05, 4.69) is 59.1 Å². The lowest BCUT2D eigenvalue weighted by atomic mass is 9.87. The number of fused-ring (bicyclic) bond motifs is 3. The van der Waals surface area contributed by atoms with Gasteiger partial charge in [-0.25, -0.2) is 0 Å². The molecule has 1 aromatic heterocycles. The third kappa shape index (κ3) is 3.44. The van der Waals surface area contributed by atoms with Crippen molar-refractivity contribution in [1.82, 2.24) is 14.8 Å². The number of carbonyl (C=O) groups is 1. The highest BCUT2D eigenvalue weighted by atomic mass is 32.2. The van der Waals surface area contributed by atoms with Crippen molar-refractivity contribution < 1.29 is 4.79 Å². The summed E-state index contributed by atoms with van der Waals surface area (Å²) in [6.45, 7) is 6.47. The lowest BCUT2D eigenvalue weighted by Gasteiger charge is -2.34. The van der Waals surface area contributed by atoms with Gasteiger partial charge in [-0.15, -0.1) is 10.2 Å². The Bertz CT molecular complexity index is 1020. The van der Waals surface area contributed by atoms with Crippen molar-refractivity contribution in [3.63, 3.8) is 0 Å². The average molecular weight is 393 g/mol. The summed E-state index contributed by atoms with van der Waals surface area (Å²) in [5.41, 5.74) is 4.30. The molecule has 0 unspecified atom stereocenters. The smallest absolute Gasteiger partial charge is 0.234 e. The number of rotatable bonds is 5. The molecule has 0 radical (unpaired) electrons. The Morgan fingerprint density at radius 1 is 1.14 bits per heavy atom. The Balaban J connectivity index is 1.53. The molecule has 2 aromatic carbocycles. The molecule has 5 nitrogen and oxygen atoms in total. The van der Waals surface area contributed by atoms with E-state index in [-0.39, 0.29) is 11.4 Å². The largest absolute Gasteiger partial charge is 0.325 e. The second kappa shape index (κ2) is 7.43. The summed E-state index contributed by atoms with van der Waals surface area (Å²) in [7, 11) is 0. The Morgan fingerprint density at radius 3 is 2.71 bits per heavy atom. The first-order chi connectivity index (χ1) is 13.5. The normalized spacial score (nSPS) is 14.2. The van der Waals surface area contributed by atoms with Gasteiger partial charge in [-0.1, -0.05) is 61.2 Å². The van der Waals surface area contributed by atoms with Crippen LogP contribution in [0, 0.1) is 0 Å². The van der Waals surface area contributed by atoms with Gasteiger partial charge in [-0.2, -0.15) is 0 Å². The lowest BCUT2D eigenvalue weighted by Crippen LogP contribution is -2.33. The topological polar surface area (TPSA) is 59.8 Å². The molecule has 2 heterocycles. The third-order valence-corrected chi connectivity index (χ3v) is 6.05. The molecule has 0 fully saturated rings. The summed E-state index contributed by atoms with van der Waals surface area (Å²) in [5.74, 6) is 1.15. The van der Waals surface area contributed by atoms with Gasteiger partial charge in [0.15, 0.2) is 11.0 Å². The molecule has 1 N–H and O–H groups in total. The number of hydrogen-bond donors (Lipinski definition) is 1. The SMILES string of the molecule is CCc1ccccc1NC(=O)CSc1nnc2n1C(C)(C)Cc1ccccc1-2. The van der Waals surface area contributed by atoms with Crippen LogP contribution in [0.4, 0.5) is 5.69 Å². The van der Waals surface area contributed by atoms with Crippen LogP contribution in [-0.4, -0.2) is 26.4 Å². The summed E-state index contributed by atoms with van der Waals surface area (Å²) in [6, 6.07) is 16.3. The van der Waals surface area contributed by atoms with Gasteiger partial charge in [0.2, 0.25) is 5.91 Å². The van der Waals surface area contributed by atoms with Gasteiger partial charge in [-0.3, -0.25) is 9.36 Å². The zero-order valence-electron chi connectivity index (χ0n) is 16.4. The van der Waals surface area contributed by atoms with E-state index in [0.29, 0.717) is 5.75 Å². The maximum absolute atomic E-state index is 12.5. The number of amides is 1. The lowest BCUT2D eigenvalue weighted by molar-refractivity contribution is -0.113. The van der Waals surface area contributed by atoms with Crippen LogP contribution in [0.5, 0.6) is 0 Å². The van der Waals surface area contributed by atoms with Gasteiger partial charge in [-0.05, 0) is 43.9 Å². The summed E-state index contributed by atoms with van der Waals surface area (Å²) < 4.78 is 2.17. The molecule has 0 aliphatic carbocycles. The molecule has 6 heteroatoms. The molecule has 0 saturated carbocycles. The predicted molar refractivity (Wildman–Crippen MR) is 114 cm³/mol. The molecule has 28 heavy (non-hydrogen) atoms. The van der Waals surface area contributed by atoms with E-state index in [4.69, 9.17) is 0 Å². The minimum absolute atomic E-state index is 0.0303. The van der Waals surface area contributed by atoms with Crippen molar-refractivity contribution >= 4 is 23.4 Å². The summed E-state index contributed by atoms with van der Waals surface area (Å²) in [6.07, 6.45) is 1.80. The van der Waals surface area contributed by atoms with E-state index in [1.807, 2.05) is 30.3 Å². The van der Waals surface area contributed by atoms with Crippen LogP contribution in [-0.2, 0) is 23.2 Å². The number of aromatic nitrogens is 3. The molecule has 0 spiro atoms. The quantitative estimate of drug-likeness (QED) is 0.648. The number of aryl methyl sites for hydroxylation is 1. The number of thioether (sulfide) groups is 1. The molecule has 1 amide bonds. The number of anilines is 1. The molecule has 0 atom stereocenters. The van der Waals surface area contributed by atoms with Gasteiger partial charge in [0.1, 0.15) is 0 Å². The fourth-order valence-corrected chi connectivity index (χ4v) is 4.68. The monoisotopic (exact) mass is 392 g/mol. The standard InChI is InChI=1S/C22H24N4OS/c1-4-15-9-6-8-12-18(15)23-19(27)14-28-21-25-24-20-17-11-7-5-10-16(17)13-22(2,3)26(20)21/h5-12H,4,13-14H2,1-3H3,(H,23,27). The van der Waals surface area contributed by atoms with Crippen molar-refractivity contribution in [3.05, 3.63) is 59.7 Å². The number of nitrogens with one attached hydrogen (secondary N) is 1. The van der Waals surface area contributed by atoms with E-state index in [1.165, 1.54) is 17.3 Å². The van der Waals surface area contributed by atoms with Gasteiger partial charge in [0.05, 0.1) is 5.75 Å². The molecule has 3 aromatic rings. The number of para-hydroxylation sites is 1. The van der Waals surface area contributed by atoms with E-state index in [9.17, 15) is 4.79 Å². The van der Waals surface area contributed by atoms with E-state index < -0.39 is 0 Å². The highest BCUT2D eigenvalue weighted by Gasteiger charge is 2.34. The summed E-state index contributed by atoms with van der Waals surface area (Å²) >= 11 is 1.44. The zero-order chi connectivity index (χ0) is 19.7. The molecule has 0 bridgehead atoms. The van der Waals surface area contributed by atoms with Crippen molar-refractivity contribution in [3.8, 4) is 11.4 Å². The van der Waals surface area contributed by atoms with Gasteiger partial charge in [0, 0.05) is 16.8 Å². The molecule has 144 valence electrons. The molecular formula is C22H24N4OS. The van der Waals surface area contributed by atoms with Crippen LogP contribution in [0.15, 0.2) is 53.7 Å². The first-order valence-corrected chi connectivity index (χ1v) is 10.5. The Kier molecular flexibility index (Phi) is 4.98. The van der Waals surface area contributed by atoms with Gasteiger partial charge in [0.25, 0.3) is 0 Å². The van der Waals surface area contributed by atoms with Crippen LogP contribution in [0.3, 0.4) is 0 Å². The fraction of sp³-hybridized carbons (Fsp3) is 0.318. The zero-order valence-corrected chi connectivity index (χ0v) is 17.2. The predicted octanol–water partition coefficient (Wildman–Crippen LogP) is 4.53. The average Bonchev–Trinajstić information content (AvgIpc) is 3.12. The van der Waals surface area contributed by atoms with E-state index >= 15 is 0 Å². The van der Waals surface area contributed by atoms with E-state index in [1.54, 1.807) is 0 Å². The maximum atomic E-state index is 12.5. The number of hydrogen-bond acceptors (Lipinski definition) is 4. The molecule has 1 aliphatic heterocycles. The van der Waals surface area contributed by atoms with Crippen LogP contribution in [0.1, 0.15) is 31.9 Å². The first-order valence-electron chi connectivity index (χ1n) is 9.54. The first kappa shape index (κ1) is 18.7. The van der Waals surface area contributed by atoms with Crippen molar-refractivity contribution in [2.75, 3.05) is 11.1 Å². The van der Waals surface area contributed by atoms with Crippen LogP contribution in [0.25, 0.3) is 11.4 Å². The second-order valence-electron chi connectivity index (χ2n) is 7.64. The molecule has 0 saturated heterocycles. The molecular weight excluding hydrogens is 368 g/mol. The summed E-state index contributed by atoms with van der Waals surface area (Å²) in [5, 5.41) is 12.7. The summed E-state index contributed by atoms with van der Waals surface area (Å²) in [4.78, 5) is 12.5. The van der Waals surface area contributed by atoms with Crippen LogP contribution >= 0.6 is 11.8 Å². The fourth-order valence-electron chi connectivity index (χ4n) is 3.79. The third-order valence-electron chi connectivity index (χ3n) is 5.12. The number of carbonyl (C=O) groups excluding carboxylic acids is 1. The minimum atomic E-state index is -0.138. The number of benzene rings is 2. The second-order valence-corrected chi connectivity index (χ2v) is 8.58. The van der Waals surface area contributed by atoms with Crippen molar-refractivity contribution in [2.24, 2.45) is 0 Å². The van der Waals surface area contributed by atoms with Gasteiger partial charge < -0.3 is 5.32 Å². The highest BCUT2D eigenvalue weighted by Crippen LogP contribution is 2.39. The Hall–Kier alpha value is -2.60. The molecule has 4 rings (SSSR count). The number of nitrogens with zero attached hydrogens (tertiary/aromatic N) is 3. The Morgan fingerprint density at radius 2 is 1.89 bits per heavy atom. The van der Waals surface area contributed by atoms with E-state index in [0.717, 1.165) is 40.6 Å². The molecule has 1 aliphatic rings. The minimum Gasteiger partial charge on any atom is -0.325 e. The van der Waals surface area contributed by atoms with Crippen molar-refractivity contribution in [2.45, 2.75) is 44.3 Å². The highest BCUT2D eigenvalue weighted by molar-refractivity contribution is 7.99. The van der Waals surface area contributed by atoms with Crippen LogP contribution < -0.4 is 5.32 Å².